The third-order valence-electron chi connectivity index (χ3n) is 4.37. The molecule has 4 heteroatoms. The van der Waals surface area contributed by atoms with E-state index in [9.17, 15) is 9.59 Å². The van der Waals surface area contributed by atoms with E-state index in [0.29, 0.717) is 5.92 Å². The van der Waals surface area contributed by atoms with Crippen molar-refractivity contribution in [2.75, 3.05) is 0 Å². The van der Waals surface area contributed by atoms with Crippen molar-refractivity contribution in [3.05, 3.63) is 71.3 Å². The normalized spacial score (nSPS) is 14.8. The van der Waals surface area contributed by atoms with Gasteiger partial charge in [-0.25, -0.2) is 4.79 Å². The third-order valence-corrected chi connectivity index (χ3v) is 4.37. The number of carboxylic acid groups (broad SMARTS) is 1. The number of amides is 1. The topological polar surface area (TPSA) is 66.4 Å². The van der Waals surface area contributed by atoms with Crippen molar-refractivity contribution < 1.29 is 14.7 Å². The summed E-state index contributed by atoms with van der Waals surface area (Å²) in [7, 11) is 0. The van der Waals surface area contributed by atoms with Gasteiger partial charge in [0, 0.05) is 6.04 Å². The van der Waals surface area contributed by atoms with Crippen LogP contribution in [0.3, 0.4) is 0 Å². The minimum atomic E-state index is -0.975. The molecule has 0 saturated heterocycles. The number of carboxylic acids is 1. The molecular weight excluding hydrogens is 302 g/mol. The largest absolute Gasteiger partial charge is 0.478 e. The maximum Gasteiger partial charge on any atom is 0.335 e. The molecule has 2 aromatic rings. The summed E-state index contributed by atoms with van der Waals surface area (Å²) in [5.74, 6) is -0.470. The molecule has 1 fully saturated rings. The number of nitrogens with one attached hydrogen (secondary N) is 1. The van der Waals surface area contributed by atoms with E-state index in [-0.39, 0.29) is 23.9 Å². The summed E-state index contributed by atoms with van der Waals surface area (Å²) in [6.07, 6.45) is 3.37. The number of benzene rings is 2. The van der Waals surface area contributed by atoms with Gasteiger partial charge in [0.15, 0.2) is 0 Å². The molecule has 1 unspecified atom stereocenters. The van der Waals surface area contributed by atoms with Gasteiger partial charge in [0.25, 0.3) is 0 Å². The second-order valence-corrected chi connectivity index (χ2v) is 6.38. The first-order chi connectivity index (χ1) is 11.6. The molecule has 0 aliphatic heterocycles. The predicted octanol–water partition coefficient (Wildman–Crippen LogP) is 3.06. The molecule has 1 aliphatic rings. The number of hydrogen-bond acceptors (Lipinski definition) is 2. The van der Waals surface area contributed by atoms with Gasteiger partial charge in [-0.1, -0.05) is 42.5 Å². The third kappa shape index (κ3) is 4.44. The highest BCUT2D eigenvalue weighted by Gasteiger charge is 2.32. The Labute approximate surface area is 141 Å². The van der Waals surface area contributed by atoms with Crippen molar-refractivity contribution in [3.8, 4) is 0 Å². The van der Waals surface area contributed by atoms with E-state index in [4.69, 9.17) is 5.11 Å². The van der Waals surface area contributed by atoms with Crippen LogP contribution in [0.2, 0.25) is 0 Å². The van der Waals surface area contributed by atoms with Crippen molar-refractivity contribution in [2.45, 2.75) is 31.7 Å². The molecular formula is C20H21NO3. The van der Waals surface area contributed by atoms with Crippen LogP contribution in [0, 0.1) is 5.92 Å². The van der Waals surface area contributed by atoms with Gasteiger partial charge in [-0.3, -0.25) is 4.79 Å². The predicted molar refractivity (Wildman–Crippen MR) is 91.9 cm³/mol. The van der Waals surface area contributed by atoms with Crippen molar-refractivity contribution in [2.24, 2.45) is 5.92 Å². The maximum absolute atomic E-state index is 12.4. The molecule has 1 saturated carbocycles. The molecule has 124 valence electrons. The first kappa shape index (κ1) is 16.2. The molecule has 0 heterocycles. The van der Waals surface area contributed by atoms with E-state index in [0.717, 1.165) is 24.8 Å². The molecule has 1 aliphatic carbocycles. The van der Waals surface area contributed by atoms with E-state index in [1.54, 1.807) is 18.2 Å². The molecule has 0 aromatic heterocycles. The molecule has 24 heavy (non-hydrogen) atoms. The number of hydrogen-bond donors (Lipinski definition) is 2. The van der Waals surface area contributed by atoms with Crippen LogP contribution >= 0.6 is 0 Å². The fourth-order valence-electron chi connectivity index (χ4n) is 2.96. The first-order valence-corrected chi connectivity index (χ1v) is 8.27. The lowest BCUT2D eigenvalue weighted by molar-refractivity contribution is -0.121. The van der Waals surface area contributed by atoms with E-state index in [1.165, 1.54) is 11.6 Å². The summed E-state index contributed by atoms with van der Waals surface area (Å²) < 4.78 is 0. The summed E-state index contributed by atoms with van der Waals surface area (Å²) in [5.41, 5.74) is 2.16. The Morgan fingerprint density at radius 3 is 2.42 bits per heavy atom. The summed E-state index contributed by atoms with van der Waals surface area (Å²) >= 11 is 0. The highest BCUT2D eigenvalue weighted by atomic mass is 16.4. The zero-order valence-corrected chi connectivity index (χ0v) is 13.4. The van der Waals surface area contributed by atoms with Crippen LogP contribution in [0.25, 0.3) is 0 Å². The molecule has 1 atom stereocenters. The van der Waals surface area contributed by atoms with Crippen LogP contribution in [0.1, 0.15) is 34.3 Å². The molecule has 0 spiro atoms. The van der Waals surface area contributed by atoms with Crippen LogP contribution in [0.4, 0.5) is 0 Å². The quantitative estimate of drug-likeness (QED) is 0.823. The number of rotatable bonds is 7. The van der Waals surface area contributed by atoms with Gasteiger partial charge in [-0.15, -0.1) is 0 Å². The average Bonchev–Trinajstić information content (AvgIpc) is 3.40. The Balaban J connectivity index is 1.62. The maximum atomic E-state index is 12.4. The summed E-state index contributed by atoms with van der Waals surface area (Å²) in [5, 5.41) is 12.2. The lowest BCUT2D eigenvalue weighted by atomic mass is 10.0. The highest BCUT2D eigenvalue weighted by Crippen LogP contribution is 2.34. The van der Waals surface area contributed by atoms with Crippen LogP contribution in [-0.2, 0) is 17.6 Å². The molecule has 0 bridgehead atoms. The van der Waals surface area contributed by atoms with E-state index in [2.05, 4.69) is 17.4 Å². The van der Waals surface area contributed by atoms with Crippen LogP contribution in [-0.4, -0.2) is 23.0 Å². The van der Waals surface area contributed by atoms with Crippen molar-refractivity contribution in [1.82, 2.24) is 5.32 Å². The average molecular weight is 323 g/mol. The molecule has 2 N–H and O–H groups in total. The first-order valence-electron chi connectivity index (χ1n) is 8.27. The van der Waals surface area contributed by atoms with Crippen molar-refractivity contribution >= 4 is 11.9 Å². The van der Waals surface area contributed by atoms with Gasteiger partial charge in [-0.2, -0.15) is 0 Å². The van der Waals surface area contributed by atoms with Crippen molar-refractivity contribution in [1.29, 1.82) is 0 Å². The molecule has 1 amide bonds. The highest BCUT2D eigenvalue weighted by molar-refractivity contribution is 5.88. The Morgan fingerprint density at radius 1 is 1.04 bits per heavy atom. The van der Waals surface area contributed by atoms with Gasteiger partial charge in [0.1, 0.15) is 0 Å². The van der Waals surface area contributed by atoms with Gasteiger partial charge in [0.05, 0.1) is 12.0 Å². The van der Waals surface area contributed by atoms with E-state index < -0.39 is 5.97 Å². The molecule has 2 aromatic carbocycles. The Bertz CT molecular complexity index is 723. The molecule has 0 radical (unpaired) electrons. The minimum Gasteiger partial charge on any atom is -0.478 e. The fourth-order valence-corrected chi connectivity index (χ4v) is 2.96. The monoisotopic (exact) mass is 323 g/mol. The standard InChI is InChI=1S/C20H21NO3/c22-19(13-15-7-4-8-17(11-15)20(23)24)21-18(16-9-10-16)12-14-5-2-1-3-6-14/h1-8,11,16,18H,9-10,12-13H2,(H,21,22)(H,23,24). The summed E-state index contributed by atoms with van der Waals surface area (Å²) in [6.45, 7) is 0. The van der Waals surface area contributed by atoms with Gasteiger partial charge >= 0.3 is 5.97 Å². The summed E-state index contributed by atoms with van der Waals surface area (Å²) in [6, 6.07) is 16.9. The second-order valence-electron chi connectivity index (χ2n) is 6.38. The number of carbonyl (C=O) groups excluding carboxylic acids is 1. The SMILES string of the molecule is O=C(Cc1cccc(C(=O)O)c1)NC(Cc1ccccc1)C1CC1. The van der Waals surface area contributed by atoms with Gasteiger partial charge < -0.3 is 10.4 Å². The smallest absolute Gasteiger partial charge is 0.335 e. The van der Waals surface area contributed by atoms with Crippen LogP contribution in [0.5, 0.6) is 0 Å². The molecule has 3 rings (SSSR count). The molecule has 4 nitrogen and oxygen atoms in total. The van der Waals surface area contributed by atoms with Crippen LogP contribution < -0.4 is 5.32 Å². The van der Waals surface area contributed by atoms with E-state index >= 15 is 0 Å². The fraction of sp³-hybridized carbons (Fsp3) is 0.300. The number of aromatic carboxylic acids is 1. The number of carbonyl (C=O) groups is 2. The van der Waals surface area contributed by atoms with Crippen LogP contribution in [0.15, 0.2) is 54.6 Å². The van der Waals surface area contributed by atoms with Crippen molar-refractivity contribution in [3.63, 3.8) is 0 Å². The zero-order chi connectivity index (χ0) is 16.9. The van der Waals surface area contributed by atoms with Gasteiger partial charge in [-0.05, 0) is 48.4 Å². The lowest BCUT2D eigenvalue weighted by Gasteiger charge is -2.18. The van der Waals surface area contributed by atoms with Gasteiger partial charge in [0.2, 0.25) is 5.91 Å². The Morgan fingerprint density at radius 2 is 1.75 bits per heavy atom. The zero-order valence-electron chi connectivity index (χ0n) is 13.4. The Kier molecular flexibility index (Phi) is 4.94. The minimum absolute atomic E-state index is 0.0506. The summed E-state index contributed by atoms with van der Waals surface area (Å²) in [4.78, 5) is 23.4. The second kappa shape index (κ2) is 7.30. The lowest BCUT2D eigenvalue weighted by Crippen LogP contribution is -2.39. The Hall–Kier alpha value is -2.62. The van der Waals surface area contributed by atoms with E-state index in [1.807, 2.05) is 18.2 Å².